The Hall–Kier alpha value is -1.69. The van der Waals surface area contributed by atoms with Gasteiger partial charge in [-0.1, -0.05) is 0 Å². The lowest BCUT2D eigenvalue weighted by atomic mass is 9.97. The van der Waals surface area contributed by atoms with Crippen LogP contribution in [0.15, 0.2) is 0 Å². The number of nitriles is 1. The zero-order valence-electron chi connectivity index (χ0n) is 11.0. The maximum atomic E-state index is 10.7. The summed E-state index contributed by atoms with van der Waals surface area (Å²) in [5, 5.41) is 31.5. The average molecular weight is 279 g/mol. The fourth-order valence-electron chi connectivity index (χ4n) is 1.49. The zero-order chi connectivity index (χ0) is 14.6. The van der Waals surface area contributed by atoms with Crippen LogP contribution in [0, 0.1) is 17.2 Å². The molecule has 112 valence electrons. The van der Waals surface area contributed by atoms with E-state index >= 15 is 0 Å². The lowest BCUT2D eigenvalue weighted by Gasteiger charge is -2.16. The van der Waals surface area contributed by atoms with Crippen molar-refractivity contribution in [2.45, 2.75) is 32.3 Å². The van der Waals surface area contributed by atoms with Gasteiger partial charge in [0, 0.05) is 20.6 Å². The summed E-state index contributed by atoms with van der Waals surface area (Å²) < 4.78 is 5.13. The third kappa shape index (κ3) is 11.1. The van der Waals surface area contributed by atoms with Crippen molar-refractivity contribution in [3.05, 3.63) is 0 Å². The van der Waals surface area contributed by atoms with E-state index in [1.54, 1.807) is 6.07 Å². The number of carboxylic acid groups (broad SMARTS) is 2. The summed E-state index contributed by atoms with van der Waals surface area (Å²) in [6, 6.07) is 1.75. The molecule has 1 aliphatic heterocycles. The molecule has 2 unspecified atom stereocenters. The SMILES string of the molecule is CC#N.CO.O.O=C(O)CC(C(=O)O)C1CCCO1. The Bertz CT molecular complexity index is 281. The number of hydrogen-bond donors (Lipinski definition) is 3. The molecule has 0 spiro atoms. The van der Waals surface area contributed by atoms with Crippen LogP contribution in [0.2, 0.25) is 0 Å². The molecule has 1 aliphatic rings. The molecule has 0 saturated carbocycles. The van der Waals surface area contributed by atoms with Gasteiger partial charge < -0.3 is 25.5 Å². The molecule has 19 heavy (non-hydrogen) atoms. The van der Waals surface area contributed by atoms with E-state index in [9.17, 15) is 9.59 Å². The standard InChI is InChI=1S/C8H12O5.C2H3N.CH4O.H2O/c9-7(10)4-5(8(11)12)6-2-1-3-13-6;1-2-3;1-2;/h5-6H,1-4H2,(H,9,10)(H,11,12);1H3;2H,1H3;1H2. The van der Waals surface area contributed by atoms with Crippen molar-refractivity contribution in [2.24, 2.45) is 5.92 Å². The number of aliphatic carboxylic acids is 2. The predicted octanol–water partition coefficient (Wildman–Crippen LogP) is -0.345. The molecular formula is C11H21NO7. The number of carbonyl (C=O) groups is 2. The highest BCUT2D eigenvalue weighted by atomic mass is 16.5. The van der Waals surface area contributed by atoms with Gasteiger partial charge in [0.05, 0.1) is 24.5 Å². The van der Waals surface area contributed by atoms with E-state index < -0.39 is 24.0 Å². The van der Waals surface area contributed by atoms with E-state index in [-0.39, 0.29) is 11.9 Å². The quantitative estimate of drug-likeness (QED) is 0.634. The van der Waals surface area contributed by atoms with Gasteiger partial charge in [0.25, 0.3) is 0 Å². The number of carboxylic acids is 2. The number of rotatable bonds is 4. The number of hydrogen-bond acceptors (Lipinski definition) is 5. The number of aliphatic hydroxyl groups is 1. The lowest BCUT2D eigenvalue weighted by molar-refractivity contribution is -0.152. The van der Waals surface area contributed by atoms with Crippen molar-refractivity contribution < 1.29 is 35.1 Å². The molecule has 2 atom stereocenters. The summed E-state index contributed by atoms with van der Waals surface area (Å²) in [6.07, 6.45) is 0.673. The van der Waals surface area contributed by atoms with Crippen molar-refractivity contribution in [3.63, 3.8) is 0 Å². The minimum Gasteiger partial charge on any atom is -0.481 e. The molecule has 0 aromatic heterocycles. The van der Waals surface area contributed by atoms with E-state index in [1.165, 1.54) is 6.92 Å². The Balaban J connectivity index is -0.000000376. The molecule has 5 N–H and O–H groups in total. The smallest absolute Gasteiger partial charge is 0.309 e. The summed E-state index contributed by atoms with van der Waals surface area (Å²) >= 11 is 0. The molecule has 0 amide bonds. The van der Waals surface area contributed by atoms with E-state index in [0.29, 0.717) is 13.0 Å². The van der Waals surface area contributed by atoms with E-state index in [2.05, 4.69) is 0 Å². The molecule has 0 aliphatic carbocycles. The number of ether oxygens (including phenoxy) is 1. The highest BCUT2D eigenvalue weighted by Gasteiger charge is 2.33. The summed E-state index contributed by atoms with van der Waals surface area (Å²) in [7, 11) is 1.00. The fraction of sp³-hybridized carbons (Fsp3) is 0.727. The molecule has 1 heterocycles. The first-order valence-electron chi connectivity index (χ1n) is 5.34. The molecule has 0 bridgehead atoms. The van der Waals surface area contributed by atoms with Gasteiger partial charge in [-0.2, -0.15) is 5.26 Å². The third-order valence-electron chi connectivity index (χ3n) is 2.13. The van der Waals surface area contributed by atoms with Crippen LogP contribution >= 0.6 is 0 Å². The predicted molar refractivity (Wildman–Crippen MR) is 65.4 cm³/mol. The second-order valence-corrected chi connectivity index (χ2v) is 3.32. The van der Waals surface area contributed by atoms with Crippen LogP contribution < -0.4 is 0 Å². The minimum atomic E-state index is -1.09. The van der Waals surface area contributed by atoms with Gasteiger partial charge in [-0.25, -0.2) is 0 Å². The van der Waals surface area contributed by atoms with Crippen LogP contribution in [0.1, 0.15) is 26.2 Å². The molecule has 0 aromatic rings. The first-order chi connectivity index (χ1) is 8.52. The summed E-state index contributed by atoms with van der Waals surface area (Å²) in [4.78, 5) is 21.0. The Kier molecular flexibility index (Phi) is 17.0. The molecule has 0 radical (unpaired) electrons. The van der Waals surface area contributed by atoms with Crippen LogP contribution in [0.3, 0.4) is 0 Å². The van der Waals surface area contributed by atoms with Gasteiger partial charge in [0.2, 0.25) is 0 Å². The van der Waals surface area contributed by atoms with Crippen LogP contribution in [0.25, 0.3) is 0 Å². The molecule has 8 nitrogen and oxygen atoms in total. The van der Waals surface area contributed by atoms with E-state index in [1.807, 2.05) is 0 Å². The Labute approximate surface area is 111 Å². The largest absolute Gasteiger partial charge is 0.481 e. The monoisotopic (exact) mass is 279 g/mol. The van der Waals surface area contributed by atoms with Crippen molar-refractivity contribution in [2.75, 3.05) is 13.7 Å². The number of nitrogens with zero attached hydrogens (tertiary/aromatic N) is 1. The van der Waals surface area contributed by atoms with Crippen LogP contribution in [0.4, 0.5) is 0 Å². The summed E-state index contributed by atoms with van der Waals surface area (Å²) in [5.41, 5.74) is 0. The Morgan fingerprint density at radius 3 is 2.16 bits per heavy atom. The average Bonchev–Trinajstić information content (AvgIpc) is 2.82. The van der Waals surface area contributed by atoms with Crippen LogP contribution in [-0.4, -0.2) is 52.6 Å². The van der Waals surface area contributed by atoms with E-state index in [0.717, 1.165) is 13.5 Å². The van der Waals surface area contributed by atoms with E-state index in [4.69, 9.17) is 25.3 Å². The van der Waals surface area contributed by atoms with Crippen molar-refractivity contribution in [3.8, 4) is 6.07 Å². The van der Waals surface area contributed by atoms with Crippen molar-refractivity contribution in [1.82, 2.24) is 0 Å². The molecule has 1 saturated heterocycles. The Morgan fingerprint density at radius 2 is 1.89 bits per heavy atom. The second kappa shape index (κ2) is 14.4. The van der Waals surface area contributed by atoms with Crippen molar-refractivity contribution in [1.29, 1.82) is 5.26 Å². The Morgan fingerprint density at radius 1 is 1.42 bits per heavy atom. The van der Waals surface area contributed by atoms with Gasteiger partial charge >= 0.3 is 11.9 Å². The van der Waals surface area contributed by atoms with Crippen LogP contribution in [0.5, 0.6) is 0 Å². The summed E-state index contributed by atoms with van der Waals surface area (Å²) in [6.45, 7) is 1.97. The van der Waals surface area contributed by atoms with Gasteiger partial charge in [0.1, 0.15) is 0 Å². The molecular weight excluding hydrogens is 258 g/mol. The molecule has 1 rings (SSSR count). The zero-order valence-corrected chi connectivity index (χ0v) is 11.0. The fourth-order valence-corrected chi connectivity index (χ4v) is 1.49. The molecule has 1 fully saturated rings. The highest BCUT2D eigenvalue weighted by Crippen LogP contribution is 2.23. The number of aliphatic hydroxyl groups excluding tert-OH is 1. The minimum absolute atomic E-state index is 0. The van der Waals surface area contributed by atoms with Gasteiger partial charge in [-0.15, -0.1) is 0 Å². The molecule has 8 heteroatoms. The first-order valence-corrected chi connectivity index (χ1v) is 5.34. The van der Waals surface area contributed by atoms with Crippen LogP contribution in [-0.2, 0) is 14.3 Å². The van der Waals surface area contributed by atoms with Crippen molar-refractivity contribution >= 4 is 11.9 Å². The normalized spacial score (nSPS) is 17.3. The van der Waals surface area contributed by atoms with Gasteiger partial charge in [0.15, 0.2) is 0 Å². The van der Waals surface area contributed by atoms with Gasteiger partial charge in [-0.3, -0.25) is 9.59 Å². The topological polar surface area (TPSA) is 159 Å². The maximum Gasteiger partial charge on any atom is 0.309 e. The third-order valence-corrected chi connectivity index (χ3v) is 2.13. The lowest BCUT2D eigenvalue weighted by Crippen LogP contribution is -2.29. The summed E-state index contributed by atoms with van der Waals surface area (Å²) in [5.74, 6) is -3.09. The molecule has 0 aromatic carbocycles. The maximum absolute atomic E-state index is 10.7. The highest BCUT2D eigenvalue weighted by molar-refractivity contribution is 5.78. The van der Waals surface area contributed by atoms with Gasteiger partial charge in [-0.05, 0) is 12.8 Å². The second-order valence-electron chi connectivity index (χ2n) is 3.32. The first kappa shape index (κ1) is 22.5.